The Labute approximate surface area is 203 Å². The highest BCUT2D eigenvalue weighted by atomic mass is 16.5. The van der Waals surface area contributed by atoms with E-state index in [2.05, 4.69) is 12.1 Å². The fraction of sp³-hybridized carbons (Fsp3) is 0.500. The third-order valence-electron chi connectivity index (χ3n) is 6.39. The van der Waals surface area contributed by atoms with E-state index in [1.54, 1.807) is 7.11 Å². The summed E-state index contributed by atoms with van der Waals surface area (Å²) in [6.07, 6.45) is 4.98. The smallest absolute Gasteiger partial charge is 0.257 e. The monoisotopic (exact) mass is 466 g/mol. The summed E-state index contributed by atoms with van der Waals surface area (Å²) in [5.41, 5.74) is 1.74. The van der Waals surface area contributed by atoms with Crippen molar-refractivity contribution >= 4 is 11.8 Å². The Hall–Kier alpha value is -2.86. The maximum absolute atomic E-state index is 13.3. The molecule has 6 nitrogen and oxygen atoms in total. The van der Waals surface area contributed by atoms with Crippen LogP contribution in [0.3, 0.4) is 0 Å². The normalized spacial score (nSPS) is 18.1. The third-order valence-corrected chi connectivity index (χ3v) is 6.39. The van der Waals surface area contributed by atoms with E-state index in [1.165, 1.54) is 0 Å². The number of nitrogens with zero attached hydrogens (tertiary/aromatic N) is 2. The molecule has 0 bridgehead atoms. The standard InChI is InChI=1S/C28H38N2O4/c1-3-29-18-11-4-5-12-19-30(27(31)17-20-33-2)24(21-23-13-7-6-8-14-23)22-34-26-16-10-9-15-25(26)28(29)32/h6-10,13-16,24H,3-5,11-12,17-22H2,1-2H3/t24-/m0/s1. The molecule has 0 spiro atoms. The van der Waals surface area contributed by atoms with Gasteiger partial charge in [-0.05, 0) is 43.9 Å². The number of carbonyl (C=O) groups excluding carboxylic acids is 2. The minimum Gasteiger partial charge on any atom is -0.491 e. The SMILES string of the molecule is CCN1CCCCCCN(C(=O)CCOC)[C@@H](Cc2ccccc2)COc2ccccc2C1=O. The van der Waals surface area contributed by atoms with Crippen LogP contribution >= 0.6 is 0 Å². The van der Waals surface area contributed by atoms with Gasteiger partial charge < -0.3 is 19.3 Å². The molecule has 1 aliphatic heterocycles. The number of hydrogen-bond acceptors (Lipinski definition) is 4. The molecule has 2 aromatic rings. The second kappa shape index (κ2) is 13.8. The van der Waals surface area contributed by atoms with Gasteiger partial charge in [0, 0.05) is 26.7 Å². The van der Waals surface area contributed by atoms with Crippen molar-refractivity contribution in [1.82, 2.24) is 9.80 Å². The maximum atomic E-state index is 13.3. The number of rotatable bonds is 6. The highest BCUT2D eigenvalue weighted by molar-refractivity contribution is 5.96. The molecule has 3 rings (SSSR count). The lowest BCUT2D eigenvalue weighted by Crippen LogP contribution is -2.46. The number of ether oxygens (including phenoxy) is 2. The predicted molar refractivity (Wildman–Crippen MR) is 134 cm³/mol. The molecule has 0 N–H and O–H groups in total. The van der Waals surface area contributed by atoms with Gasteiger partial charge in [0.25, 0.3) is 5.91 Å². The van der Waals surface area contributed by atoms with Crippen molar-refractivity contribution in [3.8, 4) is 5.75 Å². The van der Waals surface area contributed by atoms with E-state index < -0.39 is 0 Å². The van der Waals surface area contributed by atoms with Gasteiger partial charge in [-0.3, -0.25) is 9.59 Å². The van der Waals surface area contributed by atoms with Gasteiger partial charge in [0.1, 0.15) is 12.4 Å². The Kier molecular flexibility index (Phi) is 10.4. The summed E-state index contributed by atoms with van der Waals surface area (Å²) >= 11 is 0. The van der Waals surface area contributed by atoms with Crippen LogP contribution in [0.5, 0.6) is 5.75 Å². The van der Waals surface area contributed by atoms with E-state index in [0.29, 0.717) is 50.5 Å². The van der Waals surface area contributed by atoms with E-state index in [0.717, 1.165) is 37.8 Å². The largest absolute Gasteiger partial charge is 0.491 e. The highest BCUT2D eigenvalue weighted by Crippen LogP contribution is 2.23. The van der Waals surface area contributed by atoms with Gasteiger partial charge in [0.05, 0.1) is 24.6 Å². The van der Waals surface area contributed by atoms with E-state index >= 15 is 0 Å². The van der Waals surface area contributed by atoms with Crippen LogP contribution in [0, 0.1) is 0 Å². The van der Waals surface area contributed by atoms with Crippen LogP contribution in [-0.2, 0) is 16.0 Å². The van der Waals surface area contributed by atoms with Gasteiger partial charge in [-0.1, -0.05) is 55.3 Å². The molecule has 0 aliphatic carbocycles. The van der Waals surface area contributed by atoms with Crippen molar-refractivity contribution in [2.75, 3.05) is 40.0 Å². The molecule has 2 amide bonds. The van der Waals surface area contributed by atoms with E-state index in [4.69, 9.17) is 9.47 Å². The topological polar surface area (TPSA) is 59.1 Å². The Morgan fingerprint density at radius 3 is 2.44 bits per heavy atom. The Morgan fingerprint density at radius 1 is 1.00 bits per heavy atom. The van der Waals surface area contributed by atoms with Crippen molar-refractivity contribution < 1.29 is 19.1 Å². The van der Waals surface area contributed by atoms with Gasteiger partial charge in [0.2, 0.25) is 5.91 Å². The van der Waals surface area contributed by atoms with Crippen LogP contribution in [0.2, 0.25) is 0 Å². The van der Waals surface area contributed by atoms with Gasteiger partial charge in [-0.25, -0.2) is 0 Å². The molecule has 0 fully saturated rings. The molecule has 1 heterocycles. The first-order valence-corrected chi connectivity index (χ1v) is 12.5. The van der Waals surface area contributed by atoms with Crippen LogP contribution in [0.4, 0.5) is 0 Å². The first-order chi connectivity index (χ1) is 16.6. The molecule has 1 atom stereocenters. The Balaban J connectivity index is 1.91. The van der Waals surface area contributed by atoms with Gasteiger partial charge in [-0.2, -0.15) is 0 Å². The Morgan fingerprint density at radius 2 is 1.71 bits per heavy atom. The zero-order chi connectivity index (χ0) is 24.2. The number of para-hydroxylation sites is 1. The summed E-state index contributed by atoms with van der Waals surface area (Å²) < 4.78 is 11.5. The van der Waals surface area contributed by atoms with Crippen molar-refractivity contribution in [1.29, 1.82) is 0 Å². The molecule has 184 valence electrons. The van der Waals surface area contributed by atoms with Crippen LogP contribution in [0.1, 0.15) is 54.9 Å². The molecule has 6 heteroatoms. The lowest BCUT2D eigenvalue weighted by molar-refractivity contribution is -0.135. The van der Waals surface area contributed by atoms with Gasteiger partial charge in [-0.15, -0.1) is 0 Å². The van der Waals surface area contributed by atoms with Crippen molar-refractivity contribution in [2.24, 2.45) is 0 Å². The average molecular weight is 467 g/mol. The predicted octanol–water partition coefficient (Wildman–Crippen LogP) is 4.58. The summed E-state index contributed by atoms with van der Waals surface area (Å²) in [5.74, 6) is 0.660. The summed E-state index contributed by atoms with van der Waals surface area (Å²) in [6, 6.07) is 17.5. The van der Waals surface area contributed by atoms with Crippen molar-refractivity contribution in [2.45, 2.75) is 51.5 Å². The van der Waals surface area contributed by atoms with Crippen molar-refractivity contribution in [3.63, 3.8) is 0 Å². The number of carbonyl (C=O) groups is 2. The minimum atomic E-state index is -0.139. The summed E-state index contributed by atoms with van der Waals surface area (Å²) in [4.78, 5) is 30.3. The number of amides is 2. The molecule has 0 radical (unpaired) electrons. The zero-order valence-corrected chi connectivity index (χ0v) is 20.6. The maximum Gasteiger partial charge on any atom is 0.257 e. The summed E-state index contributed by atoms with van der Waals surface area (Å²) in [6.45, 7) is 4.84. The lowest BCUT2D eigenvalue weighted by Gasteiger charge is -2.33. The van der Waals surface area contributed by atoms with Crippen LogP contribution < -0.4 is 4.74 Å². The second-order valence-corrected chi connectivity index (χ2v) is 8.78. The highest BCUT2D eigenvalue weighted by Gasteiger charge is 2.26. The second-order valence-electron chi connectivity index (χ2n) is 8.78. The fourth-order valence-corrected chi connectivity index (χ4v) is 4.46. The summed E-state index contributed by atoms with van der Waals surface area (Å²) in [5, 5.41) is 0. The molecule has 0 aromatic heterocycles. The Bertz CT molecular complexity index is 902. The molecular formula is C28H38N2O4. The van der Waals surface area contributed by atoms with Crippen LogP contribution in [0.25, 0.3) is 0 Å². The molecule has 1 aliphatic rings. The fourth-order valence-electron chi connectivity index (χ4n) is 4.46. The lowest BCUT2D eigenvalue weighted by atomic mass is 10.0. The number of methoxy groups -OCH3 is 1. The van der Waals surface area contributed by atoms with E-state index in [-0.39, 0.29) is 17.9 Å². The van der Waals surface area contributed by atoms with Crippen LogP contribution in [0.15, 0.2) is 54.6 Å². The molecule has 0 saturated heterocycles. The van der Waals surface area contributed by atoms with Crippen LogP contribution in [-0.4, -0.2) is 67.6 Å². The first-order valence-electron chi connectivity index (χ1n) is 12.5. The average Bonchev–Trinajstić information content (AvgIpc) is 2.87. The number of hydrogen-bond donors (Lipinski definition) is 0. The van der Waals surface area contributed by atoms with Gasteiger partial charge in [0.15, 0.2) is 0 Å². The van der Waals surface area contributed by atoms with Gasteiger partial charge >= 0.3 is 0 Å². The van der Waals surface area contributed by atoms with Crippen molar-refractivity contribution in [3.05, 3.63) is 65.7 Å². The molecule has 34 heavy (non-hydrogen) atoms. The number of fused-ring (bicyclic) bond motifs is 1. The quantitative estimate of drug-likeness (QED) is 0.625. The summed E-state index contributed by atoms with van der Waals surface area (Å²) in [7, 11) is 1.62. The third kappa shape index (κ3) is 7.32. The number of benzene rings is 2. The molecule has 2 aromatic carbocycles. The van der Waals surface area contributed by atoms with E-state index in [9.17, 15) is 9.59 Å². The minimum absolute atomic E-state index is 0.00259. The zero-order valence-electron chi connectivity index (χ0n) is 20.6. The molecule has 0 unspecified atom stereocenters. The molecule has 0 saturated carbocycles. The first kappa shape index (κ1) is 25.8. The molecular weight excluding hydrogens is 428 g/mol. The van der Waals surface area contributed by atoms with E-state index in [1.807, 2.05) is 59.2 Å².